The number of nitrogens with zero attached hydrogens (tertiary/aromatic N) is 1. The summed E-state index contributed by atoms with van der Waals surface area (Å²) in [4.78, 5) is 10.2. The van der Waals surface area contributed by atoms with Crippen LogP contribution in [-0.2, 0) is 10.3 Å². The third-order valence-electron chi connectivity index (χ3n) is 3.56. The third kappa shape index (κ3) is 2.00. The Hall–Kier alpha value is -2.20. The molecule has 0 saturated carbocycles. The largest absolute Gasteiger partial charge is 0.356 e. The van der Waals surface area contributed by atoms with Crippen LogP contribution in [0.2, 0.25) is 0 Å². The van der Waals surface area contributed by atoms with E-state index in [0.29, 0.717) is 0 Å². The average molecular weight is 255 g/mol. The van der Waals surface area contributed by atoms with Crippen molar-refractivity contribution in [2.45, 2.75) is 18.6 Å². The van der Waals surface area contributed by atoms with Crippen LogP contribution in [0.15, 0.2) is 54.6 Å². The zero-order chi connectivity index (χ0) is 13.5. The van der Waals surface area contributed by atoms with Crippen molar-refractivity contribution in [2.24, 2.45) is 0 Å². The summed E-state index contributed by atoms with van der Waals surface area (Å²) in [5, 5.41) is 10.6. The lowest BCUT2D eigenvalue weighted by atomic mass is 9.93. The fourth-order valence-corrected chi connectivity index (χ4v) is 2.36. The number of ether oxygens (including phenoxy) is 1. The number of hydrogen-bond donors (Lipinski definition) is 0. The highest BCUT2D eigenvalue weighted by atomic mass is 16.6. The first-order valence-electron chi connectivity index (χ1n) is 6.09. The molecule has 96 valence electrons. The quantitative estimate of drug-likeness (QED) is 0.478. The Morgan fingerprint density at radius 1 is 1.11 bits per heavy atom. The van der Waals surface area contributed by atoms with Crippen LogP contribution in [0.25, 0.3) is 0 Å². The van der Waals surface area contributed by atoms with Crippen LogP contribution in [0.1, 0.15) is 24.2 Å². The topological polar surface area (TPSA) is 55.7 Å². The molecule has 19 heavy (non-hydrogen) atoms. The Kier molecular flexibility index (Phi) is 2.61. The van der Waals surface area contributed by atoms with E-state index in [1.807, 2.05) is 37.3 Å². The van der Waals surface area contributed by atoms with Gasteiger partial charge >= 0.3 is 0 Å². The monoisotopic (exact) mass is 255 g/mol. The molecule has 1 aliphatic rings. The molecule has 0 aromatic heterocycles. The summed E-state index contributed by atoms with van der Waals surface area (Å²) in [6.45, 7) is 2.01. The molecule has 0 aliphatic carbocycles. The molecule has 0 unspecified atom stereocenters. The highest BCUT2D eigenvalue weighted by Gasteiger charge is 2.54. The number of hydrogen-bond acceptors (Lipinski definition) is 3. The van der Waals surface area contributed by atoms with E-state index in [1.165, 1.54) is 12.1 Å². The van der Waals surface area contributed by atoms with Crippen molar-refractivity contribution < 1.29 is 9.66 Å². The lowest BCUT2D eigenvalue weighted by molar-refractivity contribution is -0.384. The van der Waals surface area contributed by atoms with Crippen molar-refractivity contribution in [3.05, 3.63) is 75.8 Å². The highest BCUT2D eigenvalue weighted by Crippen LogP contribution is 2.56. The summed E-state index contributed by atoms with van der Waals surface area (Å²) in [7, 11) is 0. The van der Waals surface area contributed by atoms with E-state index in [1.54, 1.807) is 12.1 Å². The van der Waals surface area contributed by atoms with Gasteiger partial charge in [0.15, 0.2) is 0 Å². The molecule has 4 nitrogen and oxygen atoms in total. The van der Waals surface area contributed by atoms with Crippen molar-refractivity contribution in [3.63, 3.8) is 0 Å². The highest BCUT2D eigenvalue weighted by molar-refractivity contribution is 5.40. The van der Waals surface area contributed by atoms with Crippen LogP contribution in [0.4, 0.5) is 5.69 Å². The Bertz CT molecular complexity index is 609. The minimum Gasteiger partial charge on any atom is -0.356 e. The van der Waals surface area contributed by atoms with Gasteiger partial charge in [0.2, 0.25) is 0 Å². The number of epoxide rings is 1. The second-order valence-corrected chi connectivity index (χ2v) is 4.82. The maximum absolute atomic E-state index is 10.6. The first-order chi connectivity index (χ1) is 9.11. The number of benzene rings is 2. The standard InChI is InChI=1S/C15H13NO3/c1-15(12-7-9-13(10-8-12)16(17)18)14(19-15)11-5-3-2-4-6-11/h2-10,14H,1H3/t14-,15-/m1/s1. The van der Waals surface area contributed by atoms with E-state index in [2.05, 4.69) is 0 Å². The SMILES string of the molecule is C[C@]1(c2ccc([N+](=O)[O-])cc2)O[C@@H]1c1ccccc1. The molecule has 2 aromatic carbocycles. The van der Waals surface area contributed by atoms with Gasteiger partial charge in [0.25, 0.3) is 5.69 Å². The minimum absolute atomic E-state index is 0.0233. The van der Waals surface area contributed by atoms with E-state index < -0.39 is 4.92 Å². The summed E-state index contributed by atoms with van der Waals surface area (Å²) in [5.41, 5.74) is 1.82. The molecule has 0 N–H and O–H groups in total. The van der Waals surface area contributed by atoms with Crippen LogP contribution in [-0.4, -0.2) is 4.92 Å². The van der Waals surface area contributed by atoms with Gasteiger partial charge in [-0.15, -0.1) is 0 Å². The Balaban J connectivity index is 1.86. The zero-order valence-corrected chi connectivity index (χ0v) is 10.4. The Morgan fingerprint density at radius 2 is 1.74 bits per heavy atom. The summed E-state index contributed by atoms with van der Waals surface area (Å²) >= 11 is 0. The summed E-state index contributed by atoms with van der Waals surface area (Å²) in [6.07, 6.45) is 0.0233. The minimum atomic E-state index is -0.394. The van der Waals surface area contributed by atoms with Crippen molar-refractivity contribution in [1.29, 1.82) is 0 Å². The normalized spacial score (nSPS) is 25.0. The van der Waals surface area contributed by atoms with E-state index in [0.717, 1.165) is 11.1 Å². The van der Waals surface area contributed by atoms with Gasteiger partial charge < -0.3 is 4.74 Å². The maximum atomic E-state index is 10.6. The van der Waals surface area contributed by atoms with Gasteiger partial charge in [-0.1, -0.05) is 30.3 Å². The Labute approximate surface area is 110 Å². The van der Waals surface area contributed by atoms with Crippen molar-refractivity contribution in [1.82, 2.24) is 0 Å². The van der Waals surface area contributed by atoms with Gasteiger partial charge in [-0.05, 0) is 30.2 Å². The van der Waals surface area contributed by atoms with E-state index in [4.69, 9.17) is 4.74 Å². The third-order valence-corrected chi connectivity index (χ3v) is 3.56. The van der Waals surface area contributed by atoms with E-state index in [-0.39, 0.29) is 17.4 Å². The maximum Gasteiger partial charge on any atom is 0.269 e. The van der Waals surface area contributed by atoms with Crippen molar-refractivity contribution in [2.75, 3.05) is 0 Å². The van der Waals surface area contributed by atoms with Crippen LogP contribution < -0.4 is 0 Å². The van der Waals surface area contributed by atoms with Gasteiger partial charge in [0, 0.05) is 12.1 Å². The van der Waals surface area contributed by atoms with Gasteiger partial charge in [-0.2, -0.15) is 0 Å². The second-order valence-electron chi connectivity index (χ2n) is 4.82. The summed E-state index contributed by atoms with van der Waals surface area (Å²) in [5.74, 6) is 0. The number of non-ortho nitro benzene ring substituents is 1. The van der Waals surface area contributed by atoms with Crippen molar-refractivity contribution in [3.8, 4) is 0 Å². The molecule has 0 spiro atoms. The predicted molar refractivity (Wildman–Crippen MR) is 70.7 cm³/mol. The smallest absolute Gasteiger partial charge is 0.269 e. The Morgan fingerprint density at radius 3 is 2.32 bits per heavy atom. The molecular formula is C15H13NO3. The fraction of sp³-hybridized carbons (Fsp3) is 0.200. The second kappa shape index (κ2) is 4.17. The summed E-state index contributed by atoms with van der Waals surface area (Å²) < 4.78 is 5.81. The van der Waals surface area contributed by atoms with Crippen LogP contribution in [0.5, 0.6) is 0 Å². The van der Waals surface area contributed by atoms with Crippen LogP contribution in [0.3, 0.4) is 0 Å². The number of nitro benzene ring substituents is 1. The van der Waals surface area contributed by atoms with Gasteiger partial charge in [-0.3, -0.25) is 10.1 Å². The number of rotatable bonds is 3. The molecule has 3 rings (SSSR count). The molecule has 4 heteroatoms. The molecule has 0 radical (unpaired) electrons. The van der Waals surface area contributed by atoms with Crippen LogP contribution in [0, 0.1) is 10.1 Å². The molecule has 1 heterocycles. The molecule has 1 fully saturated rings. The van der Waals surface area contributed by atoms with Crippen LogP contribution >= 0.6 is 0 Å². The number of nitro groups is 1. The fourth-order valence-electron chi connectivity index (χ4n) is 2.36. The van der Waals surface area contributed by atoms with Gasteiger partial charge in [0.1, 0.15) is 11.7 Å². The molecule has 1 aliphatic heterocycles. The zero-order valence-electron chi connectivity index (χ0n) is 10.4. The summed E-state index contributed by atoms with van der Waals surface area (Å²) in [6, 6.07) is 16.6. The molecule has 0 bridgehead atoms. The molecule has 2 aromatic rings. The average Bonchev–Trinajstić information content (AvgIpc) is 3.14. The first kappa shape index (κ1) is 11.9. The molecule has 1 saturated heterocycles. The van der Waals surface area contributed by atoms with E-state index in [9.17, 15) is 10.1 Å². The molecule has 0 amide bonds. The van der Waals surface area contributed by atoms with Crippen molar-refractivity contribution >= 4 is 5.69 Å². The van der Waals surface area contributed by atoms with E-state index >= 15 is 0 Å². The lowest BCUT2D eigenvalue weighted by Crippen LogP contribution is -2.04. The lowest BCUT2D eigenvalue weighted by Gasteiger charge is -2.06. The van der Waals surface area contributed by atoms with Gasteiger partial charge in [0.05, 0.1) is 4.92 Å². The molecular weight excluding hydrogens is 242 g/mol. The molecule has 2 atom stereocenters. The first-order valence-corrected chi connectivity index (χ1v) is 6.09. The predicted octanol–water partition coefficient (Wildman–Crippen LogP) is 3.58. The van der Waals surface area contributed by atoms with Gasteiger partial charge in [-0.25, -0.2) is 0 Å².